The molecule has 1 saturated heterocycles. The highest BCUT2D eigenvalue weighted by atomic mass is 32.2. The predicted molar refractivity (Wildman–Crippen MR) is 126 cm³/mol. The standard InChI is InChI=1S/C25H26N4O4S/c26-17-22-9-4-5-11-24(22)34(31,32)29-14-12-27(13-15-29)20-25(30)28(19-23-10-6-16-33-23)18-21-7-2-1-3-8-21/h1-11,16H,12-15,18-20H2. The lowest BCUT2D eigenvalue weighted by Crippen LogP contribution is -2.51. The van der Waals surface area contributed by atoms with E-state index >= 15 is 0 Å². The quantitative estimate of drug-likeness (QED) is 0.494. The molecule has 0 N–H and O–H groups in total. The van der Waals surface area contributed by atoms with Gasteiger partial charge in [-0.2, -0.15) is 9.57 Å². The Bertz CT molecular complexity index is 1250. The van der Waals surface area contributed by atoms with E-state index < -0.39 is 10.0 Å². The Balaban J connectivity index is 1.39. The Hall–Kier alpha value is -3.45. The highest BCUT2D eigenvalue weighted by Gasteiger charge is 2.31. The van der Waals surface area contributed by atoms with Crippen LogP contribution in [-0.2, 0) is 27.9 Å². The molecule has 0 radical (unpaired) electrons. The van der Waals surface area contributed by atoms with Gasteiger partial charge in [0.2, 0.25) is 15.9 Å². The fourth-order valence-electron chi connectivity index (χ4n) is 3.97. The molecule has 1 aliphatic rings. The zero-order valence-corrected chi connectivity index (χ0v) is 19.5. The SMILES string of the molecule is N#Cc1ccccc1S(=O)(=O)N1CCN(CC(=O)N(Cc2ccccc2)Cc2ccco2)CC1. The molecule has 1 aliphatic heterocycles. The third-order valence-corrected chi connectivity index (χ3v) is 7.77. The van der Waals surface area contributed by atoms with Gasteiger partial charge in [0, 0.05) is 32.7 Å². The van der Waals surface area contributed by atoms with E-state index in [1.165, 1.54) is 16.4 Å². The van der Waals surface area contributed by atoms with Crippen LogP contribution in [-0.4, -0.2) is 61.2 Å². The average molecular weight is 479 g/mol. The highest BCUT2D eigenvalue weighted by molar-refractivity contribution is 7.89. The van der Waals surface area contributed by atoms with Gasteiger partial charge < -0.3 is 9.32 Å². The van der Waals surface area contributed by atoms with Crippen molar-refractivity contribution >= 4 is 15.9 Å². The molecule has 1 amide bonds. The van der Waals surface area contributed by atoms with Crippen molar-refractivity contribution in [3.05, 3.63) is 89.9 Å². The van der Waals surface area contributed by atoms with E-state index in [9.17, 15) is 18.5 Å². The van der Waals surface area contributed by atoms with Crippen molar-refractivity contribution in [3.8, 4) is 6.07 Å². The molecule has 4 rings (SSSR count). The molecule has 0 unspecified atom stereocenters. The number of benzene rings is 2. The Morgan fingerprint density at radius 3 is 2.32 bits per heavy atom. The van der Waals surface area contributed by atoms with Gasteiger partial charge in [0.15, 0.2) is 0 Å². The predicted octanol–water partition coefficient (Wildman–Crippen LogP) is 2.69. The number of piperazine rings is 1. The second-order valence-corrected chi connectivity index (χ2v) is 10.0. The van der Waals surface area contributed by atoms with Crippen LogP contribution in [0.3, 0.4) is 0 Å². The van der Waals surface area contributed by atoms with Crippen LogP contribution in [0.15, 0.2) is 82.3 Å². The van der Waals surface area contributed by atoms with Gasteiger partial charge in [-0.25, -0.2) is 8.42 Å². The van der Waals surface area contributed by atoms with Crippen LogP contribution in [0, 0.1) is 11.3 Å². The lowest BCUT2D eigenvalue weighted by molar-refractivity contribution is -0.134. The summed E-state index contributed by atoms with van der Waals surface area (Å²) in [7, 11) is -3.77. The van der Waals surface area contributed by atoms with Gasteiger partial charge in [0.1, 0.15) is 11.8 Å². The van der Waals surface area contributed by atoms with Crippen molar-refractivity contribution < 1.29 is 17.6 Å². The first-order valence-electron chi connectivity index (χ1n) is 11.0. The second kappa shape index (κ2) is 10.7. The third-order valence-electron chi connectivity index (χ3n) is 5.81. The first kappa shape index (κ1) is 23.7. The van der Waals surface area contributed by atoms with Crippen LogP contribution in [0.1, 0.15) is 16.9 Å². The van der Waals surface area contributed by atoms with Crippen molar-refractivity contribution in [2.45, 2.75) is 18.0 Å². The molecular formula is C25H26N4O4S. The molecule has 0 spiro atoms. The molecule has 0 aliphatic carbocycles. The molecule has 0 atom stereocenters. The molecule has 176 valence electrons. The number of rotatable bonds is 8. The van der Waals surface area contributed by atoms with E-state index in [0.29, 0.717) is 31.9 Å². The van der Waals surface area contributed by atoms with Crippen LogP contribution >= 0.6 is 0 Å². The average Bonchev–Trinajstić information content (AvgIpc) is 3.38. The van der Waals surface area contributed by atoms with Gasteiger partial charge in [-0.1, -0.05) is 42.5 Å². The van der Waals surface area contributed by atoms with E-state index in [-0.39, 0.29) is 36.0 Å². The van der Waals surface area contributed by atoms with Crippen molar-refractivity contribution in [3.63, 3.8) is 0 Å². The first-order valence-corrected chi connectivity index (χ1v) is 12.5. The number of hydrogen-bond acceptors (Lipinski definition) is 6. The molecule has 1 aromatic heterocycles. The maximum absolute atomic E-state index is 13.2. The number of sulfonamides is 1. The maximum atomic E-state index is 13.2. The van der Waals surface area contributed by atoms with Crippen LogP contribution in [0.5, 0.6) is 0 Å². The van der Waals surface area contributed by atoms with Gasteiger partial charge in [-0.15, -0.1) is 0 Å². The van der Waals surface area contributed by atoms with Crippen molar-refractivity contribution in [2.75, 3.05) is 32.7 Å². The number of amides is 1. The minimum absolute atomic E-state index is 0.0227. The molecule has 2 heterocycles. The molecule has 1 fully saturated rings. The van der Waals surface area contributed by atoms with Crippen LogP contribution in [0.4, 0.5) is 0 Å². The molecule has 3 aromatic rings. The van der Waals surface area contributed by atoms with Crippen LogP contribution in [0.25, 0.3) is 0 Å². The fraction of sp³-hybridized carbons (Fsp3) is 0.280. The number of nitriles is 1. The number of furan rings is 1. The molecule has 9 heteroatoms. The second-order valence-electron chi connectivity index (χ2n) is 8.10. The van der Waals surface area contributed by atoms with Crippen LogP contribution < -0.4 is 0 Å². The van der Waals surface area contributed by atoms with E-state index in [0.717, 1.165) is 5.56 Å². The maximum Gasteiger partial charge on any atom is 0.244 e. The van der Waals surface area contributed by atoms with Gasteiger partial charge in [0.05, 0.1) is 29.8 Å². The summed E-state index contributed by atoms with van der Waals surface area (Å²) in [6.45, 7) is 2.38. The lowest BCUT2D eigenvalue weighted by atomic mass is 10.2. The van der Waals surface area contributed by atoms with E-state index in [2.05, 4.69) is 0 Å². The monoisotopic (exact) mass is 478 g/mol. The van der Waals surface area contributed by atoms with E-state index in [1.807, 2.05) is 47.4 Å². The Kier molecular flexibility index (Phi) is 7.43. The number of nitrogens with zero attached hydrogens (tertiary/aromatic N) is 4. The summed E-state index contributed by atoms with van der Waals surface area (Å²) < 4.78 is 32.9. The largest absolute Gasteiger partial charge is 0.467 e. The number of carbonyl (C=O) groups is 1. The summed E-state index contributed by atoms with van der Waals surface area (Å²) in [5.41, 5.74) is 1.16. The molecular weight excluding hydrogens is 452 g/mol. The molecule has 8 nitrogen and oxygen atoms in total. The molecule has 0 saturated carbocycles. The highest BCUT2D eigenvalue weighted by Crippen LogP contribution is 2.21. The zero-order valence-electron chi connectivity index (χ0n) is 18.7. The lowest BCUT2D eigenvalue weighted by Gasteiger charge is -2.34. The van der Waals surface area contributed by atoms with Crippen molar-refractivity contribution in [1.82, 2.24) is 14.1 Å². The van der Waals surface area contributed by atoms with E-state index in [1.54, 1.807) is 29.4 Å². The summed E-state index contributed by atoms with van der Waals surface area (Å²) in [5.74, 6) is 0.655. The molecule has 0 bridgehead atoms. The van der Waals surface area contributed by atoms with Gasteiger partial charge in [-0.05, 0) is 29.8 Å². The van der Waals surface area contributed by atoms with Crippen molar-refractivity contribution in [2.24, 2.45) is 0 Å². The van der Waals surface area contributed by atoms with Gasteiger partial charge in [-0.3, -0.25) is 9.69 Å². The first-order chi connectivity index (χ1) is 16.5. The third kappa shape index (κ3) is 5.54. The Morgan fingerprint density at radius 2 is 1.65 bits per heavy atom. The smallest absolute Gasteiger partial charge is 0.244 e. The fourth-order valence-corrected chi connectivity index (χ4v) is 5.53. The summed E-state index contributed by atoms with van der Waals surface area (Å²) in [6.07, 6.45) is 1.59. The minimum Gasteiger partial charge on any atom is -0.467 e. The summed E-state index contributed by atoms with van der Waals surface area (Å²) in [6, 6.07) is 21.6. The minimum atomic E-state index is -3.77. The molecule has 2 aromatic carbocycles. The summed E-state index contributed by atoms with van der Waals surface area (Å²) in [5, 5.41) is 9.28. The van der Waals surface area contributed by atoms with E-state index in [4.69, 9.17) is 4.42 Å². The van der Waals surface area contributed by atoms with Gasteiger partial charge in [0.25, 0.3) is 0 Å². The summed E-state index contributed by atoms with van der Waals surface area (Å²) >= 11 is 0. The van der Waals surface area contributed by atoms with Gasteiger partial charge >= 0.3 is 0 Å². The Labute approximate surface area is 199 Å². The topological polar surface area (TPSA) is 97.9 Å². The number of carbonyl (C=O) groups excluding carboxylic acids is 1. The zero-order chi connectivity index (χ0) is 24.0. The number of hydrogen-bond donors (Lipinski definition) is 0. The molecule has 34 heavy (non-hydrogen) atoms. The Morgan fingerprint density at radius 1 is 0.941 bits per heavy atom. The normalized spacial score (nSPS) is 15.0. The van der Waals surface area contributed by atoms with Crippen molar-refractivity contribution in [1.29, 1.82) is 5.26 Å². The van der Waals surface area contributed by atoms with Crippen LogP contribution in [0.2, 0.25) is 0 Å². The summed E-state index contributed by atoms with van der Waals surface area (Å²) in [4.78, 5) is 16.9.